The zero-order valence-electron chi connectivity index (χ0n) is 9.93. The summed E-state index contributed by atoms with van der Waals surface area (Å²) in [7, 11) is 0. The first-order chi connectivity index (χ1) is 6.91. The van der Waals surface area contributed by atoms with E-state index < -0.39 is 0 Å². The van der Waals surface area contributed by atoms with Gasteiger partial charge in [0, 0.05) is 6.61 Å². The third kappa shape index (κ3) is 11.7. The number of allylic oxidation sites excluding steroid dienone is 1. The van der Waals surface area contributed by atoms with Crippen molar-refractivity contribution in [1.82, 2.24) is 0 Å². The highest BCUT2D eigenvalue weighted by Gasteiger charge is 1.90. The molecule has 0 aromatic carbocycles. The highest BCUT2D eigenvalue weighted by Crippen LogP contribution is 2.04. The maximum atomic E-state index is 5.49. The molecule has 0 saturated carbocycles. The average Bonchev–Trinajstić information content (AvgIpc) is 2.21. The smallest absolute Gasteiger partial charge is 0.0500 e. The highest BCUT2D eigenvalue weighted by atomic mass is 16.5. The van der Waals surface area contributed by atoms with Crippen molar-refractivity contribution in [2.75, 3.05) is 13.2 Å². The Hall–Kier alpha value is -0.300. The Bertz CT molecular complexity index is 118. The first-order valence-electron chi connectivity index (χ1n) is 6.10. The third-order valence-electron chi connectivity index (χ3n) is 2.31. The Balaban J connectivity index is 2.85. The van der Waals surface area contributed by atoms with Crippen LogP contribution in [0.1, 0.15) is 58.8 Å². The summed E-state index contributed by atoms with van der Waals surface area (Å²) in [4.78, 5) is 0. The monoisotopic (exact) mass is 198 g/mol. The molecule has 0 spiro atoms. The van der Waals surface area contributed by atoms with Gasteiger partial charge in [-0.2, -0.15) is 0 Å². The molecule has 84 valence electrons. The van der Waals surface area contributed by atoms with Crippen LogP contribution in [0, 0.1) is 0 Å². The normalized spacial score (nSPS) is 11.3. The van der Waals surface area contributed by atoms with Crippen LogP contribution in [0.2, 0.25) is 0 Å². The number of hydrogen-bond acceptors (Lipinski definition) is 1. The van der Waals surface area contributed by atoms with Gasteiger partial charge < -0.3 is 4.74 Å². The summed E-state index contributed by atoms with van der Waals surface area (Å²) in [6, 6.07) is 0. The lowest BCUT2D eigenvalue weighted by Gasteiger charge is -2.02. The van der Waals surface area contributed by atoms with Crippen molar-refractivity contribution in [3.05, 3.63) is 12.2 Å². The van der Waals surface area contributed by atoms with Gasteiger partial charge in [0.05, 0.1) is 6.61 Å². The van der Waals surface area contributed by atoms with Gasteiger partial charge in [0.15, 0.2) is 0 Å². The molecule has 0 atom stereocenters. The number of rotatable bonds is 10. The molecule has 0 radical (unpaired) electrons. The molecular weight excluding hydrogens is 172 g/mol. The van der Waals surface area contributed by atoms with Gasteiger partial charge in [-0.15, -0.1) is 0 Å². The summed E-state index contributed by atoms with van der Waals surface area (Å²) in [5.74, 6) is 0. The summed E-state index contributed by atoms with van der Waals surface area (Å²) in [5, 5.41) is 0. The zero-order valence-corrected chi connectivity index (χ0v) is 9.93. The van der Waals surface area contributed by atoms with Crippen LogP contribution in [-0.4, -0.2) is 13.2 Å². The molecule has 0 amide bonds. The minimum absolute atomic E-state index is 0.888. The molecule has 1 nitrogen and oxygen atoms in total. The first kappa shape index (κ1) is 13.7. The number of hydrogen-bond donors (Lipinski definition) is 0. The molecule has 0 saturated heterocycles. The Morgan fingerprint density at radius 2 is 1.64 bits per heavy atom. The second-order valence-electron chi connectivity index (χ2n) is 3.74. The molecule has 14 heavy (non-hydrogen) atoms. The Kier molecular flexibility index (Phi) is 12.4. The van der Waals surface area contributed by atoms with E-state index in [1.54, 1.807) is 0 Å². The first-order valence-corrected chi connectivity index (χ1v) is 6.10. The summed E-state index contributed by atoms with van der Waals surface area (Å²) in [5.41, 5.74) is 0. The van der Waals surface area contributed by atoms with E-state index in [0.29, 0.717) is 0 Å². The SMILES string of the molecule is CC=CCCOCCCCCCCC. The largest absolute Gasteiger partial charge is 0.381 e. The topological polar surface area (TPSA) is 9.23 Å². The minimum atomic E-state index is 0.888. The summed E-state index contributed by atoms with van der Waals surface area (Å²) in [6.07, 6.45) is 13.4. The standard InChI is InChI=1S/C13H26O/c1-3-5-7-8-9-11-13-14-12-10-6-4-2/h4,6H,3,5,7-13H2,1-2H3. The fourth-order valence-electron chi connectivity index (χ4n) is 1.40. The van der Waals surface area contributed by atoms with E-state index in [-0.39, 0.29) is 0 Å². The summed E-state index contributed by atoms with van der Waals surface area (Å²) in [6.45, 7) is 6.14. The van der Waals surface area contributed by atoms with Crippen LogP contribution in [0.25, 0.3) is 0 Å². The van der Waals surface area contributed by atoms with E-state index in [9.17, 15) is 0 Å². The van der Waals surface area contributed by atoms with Crippen LogP contribution in [0.5, 0.6) is 0 Å². The van der Waals surface area contributed by atoms with Crippen molar-refractivity contribution < 1.29 is 4.74 Å². The van der Waals surface area contributed by atoms with Crippen molar-refractivity contribution >= 4 is 0 Å². The van der Waals surface area contributed by atoms with Crippen LogP contribution in [0.15, 0.2) is 12.2 Å². The van der Waals surface area contributed by atoms with E-state index >= 15 is 0 Å². The lowest BCUT2D eigenvalue weighted by atomic mass is 10.1. The van der Waals surface area contributed by atoms with E-state index in [1.165, 1.54) is 38.5 Å². The number of ether oxygens (including phenoxy) is 1. The minimum Gasteiger partial charge on any atom is -0.381 e. The van der Waals surface area contributed by atoms with Gasteiger partial charge in [-0.1, -0.05) is 51.2 Å². The van der Waals surface area contributed by atoms with Crippen molar-refractivity contribution in [3.63, 3.8) is 0 Å². The molecule has 0 fully saturated rings. The third-order valence-corrected chi connectivity index (χ3v) is 2.31. The molecule has 0 heterocycles. The maximum Gasteiger partial charge on any atom is 0.0500 e. The maximum absolute atomic E-state index is 5.49. The van der Waals surface area contributed by atoms with Crippen LogP contribution in [0.4, 0.5) is 0 Å². The fraction of sp³-hybridized carbons (Fsp3) is 0.846. The fourth-order valence-corrected chi connectivity index (χ4v) is 1.40. The van der Waals surface area contributed by atoms with Crippen molar-refractivity contribution in [2.45, 2.75) is 58.8 Å². The van der Waals surface area contributed by atoms with E-state index in [2.05, 4.69) is 19.1 Å². The molecule has 1 heteroatoms. The Labute approximate surface area is 89.5 Å². The molecule has 0 N–H and O–H groups in total. The van der Waals surface area contributed by atoms with E-state index in [4.69, 9.17) is 4.74 Å². The van der Waals surface area contributed by atoms with Gasteiger partial charge in [-0.3, -0.25) is 0 Å². The quantitative estimate of drug-likeness (QED) is 0.375. The van der Waals surface area contributed by atoms with Gasteiger partial charge in [0.1, 0.15) is 0 Å². The number of unbranched alkanes of at least 4 members (excludes halogenated alkanes) is 5. The molecule has 0 unspecified atom stereocenters. The van der Waals surface area contributed by atoms with Crippen molar-refractivity contribution in [2.24, 2.45) is 0 Å². The van der Waals surface area contributed by atoms with E-state index in [0.717, 1.165) is 19.6 Å². The average molecular weight is 198 g/mol. The Morgan fingerprint density at radius 1 is 0.929 bits per heavy atom. The predicted octanol–water partition coefficient (Wildman–Crippen LogP) is 4.33. The summed E-state index contributed by atoms with van der Waals surface area (Å²) >= 11 is 0. The van der Waals surface area contributed by atoms with Crippen LogP contribution < -0.4 is 0 Å². The summed E-state index contributed by atoms with van der Waals surface area (Å²) < 4.78 is 5.49. The van der Waals surface area contributed by atoms with Crippen LogP contribution >= 0.6 is 0 Å². The highest BCUT2D eigenvalue weighted by molar-refractivity contribution is 4.75. The molecule has 0 aliphatic carbocycles. The van der Waals surface area contributed by atoms with Gasteiger partial charge >= 0.3 is 0 Å². The Morgan fingerprint density at radius 3 is 2.36 bits per heavy atom. The van der Waals surface area contributed by atoms with Crippen LogP contribution in [0.3, 0.4) is 0 Å². The molecule has 0 aliphatic heterocycles. The van der Waals surface area contributed by atoms with Gasteiger partial charge in [0.25, 0.3) is 0 Å². The van der Waals surface area contributed by atoms with Gasteiger partial charge in [-0.25, -0.2) is 0 Å². The lowest BCUT2D eigenvalue weighted by molar-refractivity contribution is 0.134. The molecule has 0 bridgehead atoms. The zero-order chi connectivity index (χ0) is 10.5. The molecular formula is C13H26O. The molecule has 0 aliphatic rings. The second-order valence-corrected chi connectivity index (χ2v) is 3.74. The molecule has 0 aromatic rings. The van der Waals surface area contributed by atoms with Crippen molar-refractivity contribution in [3.8, 4) is 0 Å². The molecule has 0 aromatic heterocycles. The lowest BCUT2D eigenvalue weighted by Crippen LogP contribution is -1.95. The predicted molar refractivity (Wildman–Crippen MR) is 63.6 cm³/mol. The van der Waals surface area contributed by atoms with E-state index in [1.807, 2.05) is 6.92 Å². The van der Waals surface area contributed by atoms with Crippen molar-refractivity contribution in [1.29, 1.82) is 0 Å². The molecule has 0 rings (SSSR count). The van der Waals surface area contributed by atoms with Gasteiger partial charge in [0.2, 0.25) is 0 Å². The van der Waals surface area contributed by atoms with Gasteiger partial charge in [-0.05, 0) is 19.8 Å². The second kappa shape index (κ2) is 12.7. The van der Waals surface area contributed by atoms with Crippen LogP contribution in [-0.2, 0) is 4.74 Å².